The molecule has 0 saturated carbocycles. The van der Waals surface area contributed by atoms with Crippen LogP contribution in [0, 0.1) is 12.8 Å². The minimum Gasteiger partial charge on any atom is -0.348 e. The van der Waals surface area contributed by atoms with Crippen LogP contribution >= 0.6 is 11.8 Å². The third kappa shape index (κ3) is 8.45. The Kier molecular flexibility index (Phi) is 9.46. The van der Waals surface area contributed by atoms with E-state index in [1.807, 2.05) is 51.1 Å². The van der Waals surface area contributed by atoms with Gasteiger partial charge in [-0.1, -0.05) is 80.9 Å². The van der Waals surface area contributed by atoms with Gasteiger partial charge in [-0.2, -0.15) is 0 Å². The summed E-state index contributed by atoms with van der Waals surface area (Å²) in [4.78, 5) is 25.1. The summed E-state index contributed by atoms with van der Waals surface area (Å²) in [5, 5.41) is 3.36. The average molecular weight is 412 g/mol. The van der Waals surface area contributed by atoms with Crippen molar-refractivity contribution in [1.29, 1.82) is 0 Å². The van der Waals surface area contributed by atoms with Crippen molar-refractivity contribution < 1.29 is 9.59 Å². The van der Waals surface area contributed by atoms with Crippen LogP contribution in [-0.2, 0) is 17.6 Å². The Morgan fingerprint density at radius 3 is 2.41 bits per heavy atom. The second-order valence-electron chi connectivity index (χ2n) is 8.10. The second-order valence-corrected chi connectivity index (χ2v) is 9.18. The summed E-state index contributed by atoms with van der Waals surface area (Å²) in [5.74, 6) is 0.866. The summed E-state index contributed by atoms with van der Waals surface area (Å²) in [7, 11) is 0. The van der Waals surface area contributed by atoms with Crippen LogP contribution in [0.2, 0.25) is 0 Å². The van der Waals surface area contributed by atoms with Crippen molar-refractivity contribution in [2.75, 3.05) is 5.75 Å². The molecular formula is C25H33NO2S. The first kappa shape index (κ1) is 23.2. The van der Waals surface area contributed by atoms with E-state index in [2.05, 4.69) is 30.4 Å². The molecule has 0 aliphatic rings. The lowest BCUT2D eigenvalue weighted by Crippen LogP contribution is -2.38. The number of hydrogen-bond donors (Lipinski definition) is 1. The fourth-order valence-corrected chi connectivity index (χ4v) is 4.37. The maximum Gasteiger partial charge on any atom is 0.251 e. The Balaban J connectivity index is 2.11. The first-order valence-electron chi connectivity index (χ1n) is 10.5. The Labute approximate surface area is 179 Å². The highest BCUT2D eigenvalue weighted by Crippen LogP contribution is 2.16. The van der Waals surface area contributed by atoms with Gasteiger partial charge in [-0.25, -0.2) is 0 Å². The molecule has 0 radical (unpaired) electrons. The molecule has 1 atom stereocenters. The van der Waals surface area contributed by atoms with Gasteiger partial charge in [-0.05, 0) is 48.9 Å². The molecule has 0 bridgehead atoms. The topological polar surface area (TPSA) is 46.2 Å². The van der Waals surface area contributed by atoms with Crippen LogP contribution < -0.4 is 5.32 Å². The molecule has 0 heterocycles. The van der Waals surface area contributed by atoms with E-state index in [4.69, 9.17) is 0 Å². The van der Waals surface area contributed by atoms with E-state index in [1.54, 1.807) is 0 Å². The van der Waals surface area contributed by atoms with Crippen LogP contribution in [0.15, 0.2) is 48.5 Å². The van der Waals surface area contributed by atoms with E-state index in [9.17, 15) is 9.59 Å². The molecule has 0 aromatic heterocycles. The molecule has 2 aromatic carbocycles. The van der Waals surface area contributed by atoms with E-state index in [1.165, 1.54) is 17.3 Å². The molecule has 0 aliphatic carbocycles. The zero-order valence-electron chi connectivity index (χ0n) is 18.0. The summed E-state index contributed by atoms with van der Waals surface area (Å²) < 4.78 is 0. The van der Waals surface area contributed by atoms with Gasteiger partial charge in [-0.15, -0.1) is 0 Å². The minimum absolute atomic E-state index is 0.0658. The normalized spacial score (nSPS) is 12.0. The number of hydrogen-bond acceptors (Lipinski definition) is 3. The molecule has 2 aromatic rings. The summed E-state index contributed by atoms with van der Waals surface area (Å²) in [6.07, 6.45) is 3.29. The molecule has 2 rings (SSSR count). The maximum absolute atomic E-state index is 13.0. The van der Waals surface area contributed by atoms with Crippen molar-refractivity contribution in [3.05, 3.63) is 70.8 Å². The van der Waals surface area contributed by atoms with Crippen LogP contribution in [0.1, 0.15) is 60.7 Å². The van der Waals surface area contributed by atoms with Gasteiger partial charge in [0.05, 0.1) is 0 Å². The molecule has 0 aliphatic heterocycles. The standard InChI is InChI=1S/C25H33NO2S/c1-5-9-21-13-19(4)14-22(15-21)25(28)26-23(16-20-10-7-6-8-11-20)17-29-24(27)12-18(2)3/h6-8,10-11,13-15,18,23H,5,9,12,16-17H2,1-4H3,(H,26,28)/t23-/m1/s1. The summed E-state index contributed by atoms with van der Waals surface area (Å²) in [5.41, 5.74) is 4.15. The number of carbonyl (C=O) groups excluding carboxylic acids is 2. The SMILES string of the molecule is CCCc1cc(C)cc(C(=O)N[C@@H](CSC(=O)CC(C)C)Cc2ccccc2)c1. The van der Waals surface area contributed by atoms with Crippen molar-refractivity contribution >= 4 is 22.8 Å². The van der Waals surface area contributed by atoms with Crippen LogP contribution in [0.3, 0.4) is 0 Å². The van der Waals surface area contributed by atoms with E-state index in [0.717, 1.165) is 24.0 Å². The largest absolute Gasteiger partial charge is 0.348 e. The number of rotatable bonds is 10. The molecule has 0 saturated heterocycles. The zero-order valence-corrected chi connectivity index (χ0v) is 18.9. The molecule has 1 amide bonds. The Morgan fingerprint density at radius 2 is 1.76 bits per heavy atom. The van der Waals surface area contributed by atoms with E-state index < -0.39 is 0 Å². The average Bonchev–Trinajstić information content (AvgIpc) is 2.66. The van der Waals surface area contributed by atoms with Gasteiger partial charge >= 0.3 is 0 Å². The van der Waals surface area contributed by atoms with Gasteiger partial charge in [0.2, 0.25) is 0 Å². The number of nitrogens with one attached hydrogen (secondary N) is 1. The van der Waals surface area contributed by atoms with Gasteiger partial charge in [0, 0.05) is 23.8 Å². The molecule has 4 heteroatoms. The number of aryl methyl sites for hydroxylation is 2. The Morgan fingerprint density at radius 1 is 1.03 bits per heavy atom. The highest BCUT2D eigenvalue weighted by molar-refractivity contribution is 8.13. The number of benzene rings is 2. The molecule has 29 heavy (non-hydrogen) atoms. The predicted octanol–water partition coefficient (Wildman–Crippen LogP) is 5.59. The smallest absolute Gasteiger partial charge is 0.251 e. The number of carbonyl (C=O) groups is 2. The van der Waals surface area contributed by atoms with Crippen molar-refractivity contribution in [2.45, 2.75) is 59.4 Å². The monoisotopic (exact) mass is 411 g/mol. The zero-order chi connectivity index (χ0) is 21.2. The summed E-state index contributed by atoms with van der Waals surface area (Å²) in [6, 6.07) is 16.1. The lowest BCUT2D eigenvalue weighted by atomic mass is 10.0. The number of thioether (sulfide) groups is 1. The van der Waals surface area contributed by atoms with Crippen molar-refractivity contribution in [3.8, 4) is 0 Å². The van der Waals surface area contributed by atoms with E-state index in [0.29, 0.717) is 30.1 Å². The Bertz CT molecular complexity index is 802. The van der Waals surface area contributed by atoms with Crippen molar-refractivity contribution in [2.24, 2.45) is 5.92 Å². The van der Waals surface area contributed by atoms with E-state index in [-0.39, 0.29) is 17.1 Å². The molecule has 3 nitrogen and oxygen atoms in total. The van der Waals surface area contributed by atoms with Gasteiger partial charge in [-0.3, -0.25) is 9.59 Å². The van der Waals surface area contributed by atoms with Gasteiger partial charge in [0.1, 0.15) is 0 Å². The molecule has 0 spiro atoms. The van der Waals surface area contributed by atoms with Crippen LogP contribution in [0.25, 0.3) is 0 Å². The van der Waals surface area contributed by atoms with Crippen molar-refractivity contribution in [1.82, 2.24) is 5.32 Å². The van der Waals surface area contributed by atoms with Crippen molar-refractivity contribution in [3.63, 3.8) is 0 Å². The highest BCUT2D eigenvalue weighted by Gasteiger charge is 2.17. The number of amides is 1. The summed E-state index contributed by atoms with van der Waals surface area (Å²) in [6.45, 7) is 8.27. The third-order valence-corrected chi connectivity index (χ3v) is 5.68. The van der Waals surface area contributed by atoms with Gasteiger partial charge < -0.3 is 5.32 Å². The third-order valence-electron chi connectivity index (χ3n) is 4.62. The van der Waals surface area contributed by atoms with E-state index >= 15 is 0 Å². The van der Waals surface area contributed by atoms with Crippen LogP contribution in [-0.4, -0.2) is 22.8 Å². The highest BCUT2D eigenvalue weighted by atomic mass is 32.2. The molecular weight excluding hydrogens is 378 g/mol. The maximum atomic E-state index is 13.0. The first-order valence-corrected chi connectivity index (χ1v) is 11.5. The molecule has 0 unspecified atom stereocenters. The fourth-order valence-electron chi connectivity index (χ4n) is 3.33. The predicted molar refractivity (Wildman–Crippen MR) is 123 cm³/mol. The second kappa shape index (κ2) is 11.8. The lowest BCUT2D eigenvalue weighted by Gasteiger charge is -2.19. The summed E-state index contributed by atoms with van der Waals surface area (Å²) >= 11 is 1.33. The quantitative estimate of drug-likeness (QED) is 0.554. The molecule has 1 N–H and O–H groups in total. The van der Waals surface area contributed by atoms with Crippen LogP contribution in [0.5, 0.6) is 0 Å². The molecule has 156 valence electrons. The lowest BCUT2D eigenvalue weighted by molar-refractivity contribution is -0.111. The fraction of sp³-hybridized carbons (Fsp3) is 0.440. The van der Waals surface area contributed by atoms with Gasteiger partial charge in [0.15, 0.2) is 5.12 Å². The van der Waals surface area contributed by atoms with Gasteiger partial charge in [0.25, 0.3) is 5.91 Å². The molecule has 0 fully saturated rings. The van der Waals surface area contributed by atoms with Crippen LogP contribution in [0.4, 0.5) is 0 Å². The first-order chi connectivity index (χ1) is 13.9. The minimum atomic E-state index is -0.0962. The Hall–Kier alpha value is -2.07.